The Balaban J connectivity index is 1.38. The summed E-state index contributed by atoms with van der Waals surface area (Å²) in [5, 5.41) is 2.76. The highest BCUT2D eigenvalue weighted by molar-refractivity contribution is 6.04. The van der Waals surface area contributed by atoms with Crippen LogP contribution in [-0.4, -0.2) is 15.9 Å². The minimum atomic E-state index is -0.548. The summed E-state index contributed by atoms with van der Waals surface area (Å²) in [5.41, 5.74) is 2.37. The van der Waals surface area contributed by atoms with Gasteiger partial charge < -0.3 is 10.1 Å². The molecule has 150 valence electrons. The van der Waals surface area contributed by atoms with Crippen LogP contribution in [0.15, 0.2) is 73.1 Å². The van der Waals surface area contributed by atoms with Crippen molar-refractivity contribution in [1.29, 1.82) is 0 Å². The molecular weight excluding hydrogens is 388 g/mol. The monoisotopic (exact) mass is 405 g/mol. The van der Waals surface area contributed by atoms with Gasteiger partial charge in [0.1, 0.15) is 29.5 Å². The van der Waals surface area contributed by atoms with Crippen LogP contribution < -0.4 is 10.1 Å². The molecule has 4 aromatic rings. The first-order chi connectivity index (χ1) is 14.6. The predicted molar refractivity (Wildman–Crippen MR) is 108 cm³/mol. The second kappa shape index (κ2) is 8.65. The molecule has 7 heteroatoms. The second-order valence-electron chi connectivity index (χ2n) is 6.62. The highest BCUT2D eigenvalue weighted by Gasteiger charge is 2.13. The van der Waals surface area contributed by atoms with Gasteiger partial charge in [0.05, 0.1) is 11.1 Å². The number of carbonyl (C=O) groups is 1. The molecule has 0 saturated carbocycles. The molecule has 1 amide bonds. The molecule has 0 aliphatic carbocycles. The number of nitrogens with zero attached hydrogens (tertiary/aromatic N) is 2. The van der Waals surface area contributed by atoms with Crippen molar-refractivity contribution in [3.63, 3.8) is 0 Å². The van der Waals surface area contributed by atoms with E-state index >= 15 is 0 Å². The minimum absolute atomic E-state index is 0.133. The van der Waals surface area contributed by atoms with Gasteiger partial charge in [0.25, 0.3) is 5.91 Å². The Labute approximate surface area is 171 Å². The van der Waals surface area contributed by atoms with Crippen molar-refractivity contribution in [3.8, 4) is 5.75 Å². The molecule has 0 saturated heterocycles. The molecular formula is C23H17F2N3O2. The lowest BCUT2D eigenvalue weighted by Crippen LogP contribution is -2.23. The molecule has 1 N–H and O–H groups in total. The average Bonchev–Trinajstić information content (AvgIpc) is 2.76. The zero-order chi connectivity index (χ0) is 20.9. The van der Waals surface area contributed by atoms with Gasteiger partial charge in [-0.05, 0) is 41.5 Å². The Kier molecular flexibility index (Phi) is 5.61. The zero-order valence-electron chi connectivity index (χ0n) is 15.8. The van der Waals surface area contributed by atoms with Gasteiger partial charge in [0.15, 0.2) is 0 Å². The number of fused-ring (bicyclic) bond motifs is 1. The summed E-state index contributed by atoms with van der Waals surface area (Å²) in [6.07, 6.45) is 2.90. The van der Waals surface area contributed by atoms with Crippen LogP contribution in [0.1, 0.15) is 21.5 Å². The van der Waals surface area contributed by atoms with Crippen molar-refractivity contribution in [2.24, 2.45) is 0 Å². The molecule has 0 atom stereocenters. The second-order valence-corrected chi connectivity index (χ2v) is 6.62. The fourth-order valence-corrected chi connectivity index (χ4v) is 2.99. The molecule has 0 bridgehead atoms. The number of hydrogen-bond donors (Lipinski definition) is 1. The number of benzene rings is 3. The Morgan fingerprint density at radius 1 is 0.900 bits per heavy atom. The Hall–Kier alpha value is -3.87. The van der Waals surface area contributed by atoms with E-state index in [1.54, 1.807) is 24.3 Å². The van der Waals surface area contributed by atoms with Gasteiger partial charge in [-0.15, -0.1) is 0 Å². The number of nitrogens with one attached hydrogen (secondary N) is 1. The molecule has 0 aliphatic rings. The summed E-state index contributed by atoms with van der Waals surface area (Å²) in [5.74, 6) is -0.667. The topological polar surface area (TPSA) is 64.1 Å². The third kappa shape index (κ3) is 4.57. The third-order valence-corrected chi connectivity index (χ3v) is 4.45. The maximum Gasteiger partial charge on any atom is 0.253 e. The van der Waals surface area contributed by atoms with Crippen LogP contribution in [-0.2, 0) is 13.2 Å². The van der Waals surface area contributed by atoms with Crippen LogP contribution in [0.4, 0.5) is 8.78 Å². The Morgan fingerprint density at radius 2 is 1.70 bits per heavy atom. The largest absolute Gasteiger partial charge is 0.489 e. The maximum absolute atomic E-state index is 13.8. The lowest BCUT2D eigenvalue weighted by molar-refractivity contribution is 0.0952. The van der Waals surface area contributed by atoms with Crippen molar-refractivity contribution in [3.05, 3.63) is 101 Å². The molecule has 0 spiro atoms. The summed E-state index contributed by atoms with van der Waals surface area (Å²) in [4.78, 5) is 20.7. The molecule has 0 unspecified atom stereocenters. The highest BCUT2D eigenvalue weighted by Crippen LogP contribution is 2.18. The van der Waals surface area contributed by atoms with Gasteiger partial charge in [0.2, 0.25) is 0 Å². The van der Waals surface area contributed by atoms with Crippen molar-refractivity contribution >= 4 is 16.9 Å². The molecule has 1 heterocycles. The van der Waals surface area contributed by atoms with E-state index in [9.17, 15) is 13.6 Å². The Bertz CT molecular complexity index is 1200. The molecule has 3 aromatic carbocycles. The van der Waals surface area contributed by atoms with Crippen LogP contribution >= 0.6 is 0 Å². The lowest BCUT2D eigenvalue weighted by Gasteiger charge is -2.09. The third-order valence-electron chi connectivity index (χ3n) is 4.45. The van der Waals surface area contributed by atoms with E-state index in [0.29, 0.717) is 16.8 Å². The minimum Gasteiger partial charge on any atom is -0.489 e. The normalized spacial score (nSPS) is 10.7. The molecule has 4 rings (SSSR count). The van der Waals surface area contributed by atoms with E-state index in [-0.39, 0.29) is 24.5 Å². The molecule has 5 nitrogen and oxygen atoms in total. The predicted octanol–water partition coefficient (Wildman–Crippen LogP) is 4.42. The van der Waals surface area contributed by atoms with E-state index in [1.807, 2.05) is 12.1 Å². The highest BCUT2D eigenvalue weighted by atomic mass is 19.1. The van der Waals surface area contributed by atoms with Crippen molar-refractivity contribution in [1.82, 2.24) is 15.3 Å². The number of ether oxygens (including phenoxy) is 1. The molecule has 0 radical (unpaired) electrons. The number of rotatable bonds is 6. The Morgan fingerprint density at radius 3 is 2.50 bits per heavy atom. The summed E-state index contributed by atoms with van der Waals surface area (Å²) in [6, 6.07) is 15.8. The first kappa shape index (κ1) is 19.4. The number of carbonyl (C=O) groups excluding carboxylic acids is 1. The smallest absolute Gasteiger partial charge is 0.253 e. The molecule has 1 aromatic heterocycles. The van der Waals surface area contributed by atoms with Crippen LogP contribution in [0.3, 0.4) is 0 Å². The van der Waals surface area contributed by atoms with Gasteiger partial charge in [-0.3, -0.25) is 14.8 Å². The average molecular weight is 405 g/mol. The van der Waals surface area contributed by atoms with Gasteiger partial charge in [0, 0.05) is 25.0 Å². The van der Waals surface area contributed by atoms with Gasteiger partial charge in [-0.25, -0.2) is 8.78 Å². The van der Waals surface area contributed by atoms with Crippen LogP contribution in [0.5, 0.6) is 5.75 Å². The standard InChI is InChI=1S/C23H17F2N3O2/c24-17-3-1-2-16(10-17)14-30-19-6-4-15(5-7-19)13-28-23(29)20-11-18(25)12-21-22(20)27-9-8-26-21/h1-12H,13-14H2,(H,28,29). The van der Waals surface area contributed by atoms with Gasteiger partial charge in [-0.2, -0.15) is 0 Å². The first-order valence-electron chi connectivity index (χ1n) is 9.23. The van der Waals surface area contributed by atoms with Crippen molar-refractivity contribution in [2.75, 3.05) is 0 Å². The van der Waals surface area contributed by atoms with Crippen molar-refractivity contribution < 1.29 is 18.3 Å². The number of halogens is 2. The van der Waals surface area contributed by atoms with Crippen LogP contribution in [0, 0.1) is 11.6 Å². The number of amides is 1. The molecule has 30 heavy (non-hydrogen) atoms. The molecule has 0 fully saturated rings. The molecule has 0 aliphatic heterocycles. The van der Waals surface area contributed by atoms with E-state index in [4.69, 9.17) is 4.74 Å². The fourth-order valence-electron chi connectivity index (χ4n) is 2.99. The lowest BCUT2D eigenvalue weighted by atomic mass is 10.1. The van der Waals surface area contributed by atoms with Crippen molar-refractivity contribution in [2.45, 2.75) is 13.2 Å². The summed E-state index contributed by atoms with van der Waals surface area (Å²) < 4.78 is 32.7. The quantitative estimate of drug-likeness (QED) is 0.516. The maximum atomic E-state index is 13.8. The first-order valence-corrected chi connectivity index (χ1v) is 9.23. The van der Waals surface area contributed by atoms with Crippen LogP contribution in [0.2, 0.25) is 0 Å². The van der Waals surface area contributed by atoms with E-state index in [1.165, 1.54) is 30.6 Å². The summed E-state index contributed by atoms with van der Waals surface area (Å²) >= 11 is 0. The number of aromatic nitrogens is 2. The SMILES string of the molecule is O=C(NCc1ccc(OCc2cccc(F)c2)cc1)c1cc(F)cc2nccnc12. The number of hydrogen-bond acceptors (Lipinski definition) is 4. The summed E-state index contributed by atoms with van der Waals surface area (Å²) in [6.45, 7) is 0.503. The van der Waals surface area contributed by atoms with E-state index in [2.05, 4.69) is 15.3 Å². The van der Waals surface area contributed by atoms with E-state index < -0.39 is 11.7 Å². The van der Waals surface area contributed by atoms with E-state index in [0.717, 1.165) is 17.2 Å². The van der Waals surface area contributed by atoms with Crippen LogP contribution in [0.25, 0.3) is 11.0 Å². The zero-order valence-corrected chi connectivity index (χ0v) is 15.8. The van der Waals surface area contributed by atoms with Gasteiger partial charge in [-0.1, -0.05) is 24.3 Å². The fraction of sp³-hybridized carbons (Fsp3) is 0.0870. The summed E-state index contributed by atoms with van der Waals surface area (Å²) in [7, 11) is 0. The van der Waals surface area contributed by atoms with Gasteiger partial charge >= 0.3 is 0 Å².